The minimum atomic E-state index is -0.102. The first-order valence-corrected chi connectivity index (χ1v) is 8.56. The molecule has 3 aromatic rings. The molecule has 26 heavy (non-hydrogen) atoms. The van der Waals surface area contributed by atoms with Gasteiger partial charge >= 0.3 is 5.69 Å². The number of hydrogen-bond acceptors (Lipinski definition) is 4. The van der Waals surface area contributed by atoms with Gasteiger partial charge in [-0.25, -0.2) is 9.78 Å². The number of likely N-dealkylation sites (tertiary alicyclic amines) is 1. The molecule has 0 saturated carbocycles. The number of carbonyl (C=O) groups excluding carboxylic acids is 1. The lowest BCUT2D eigenvalue weighted by Crippen LogP contribution is -2.32. The summed E-state index contributed by atoms with van der Waals surface area (Å²) in [5, 5.41) is 0. The van der Waals surface area contributed by atoms with Crippen LogP contribution in [0.2, 0.25) is 0 Å². The van der Waals surface area contributed by atoms with Gasteiger partial charge in [-0.05, 0) is 30.7 Å². The maximum atomic E-state index is 12.9. The number of ether oxygens (including phenoxy) is 1. The normalized spacial score (nSPS) is 17.0. The van der Waals surface area contributed by atoms with Crippen LogP contribution in [0.15, 0.2) is 47.4 Å². The molecule has 7 heteroatoms. The Balaban J connectivity index is 1.65. The Kier molecular flexibility index (Phi) is 3.99. The van der Waals surface area contributed by atoms with E-state index in [0.717, 1.165) is 11.9 Å². The Morgan fingerprint density at radius 1 is 1.23 bits per heavy atom. The number of methoxy groups -OCH3 is 1. The minimum absolute atomic E-state index is 0.0776. The molecule has 0 bridgehead atoms. The second-order valence-electron chi connectivity index (χ2n) is 6.45. The third-order valence-electron chi connectivity index (χ3n) is 5.00. The lowest BCUT2D eigenvalue weighted by Gasteiger charge is -2.18. The third-order valence-corrected chi connectivity index (χ3v) is 5.00. The van der Waals surface area contributed by atoms with Crippen LogP contribution in [-0.4, -0.2) is 45.1 Å². The van der Waals surface area contributed by atoms with E-state index in [9.17, 15) is 9.59 Å². The van der Waals surface area contributed by atoms with Crippen LogP contribution in [0, 0.1) is 0 Å². The van der Waals surface area contributed by atoms with Crippen molar-refractivity contribution in [1.29, 1.82) is 0 Å². The van der Waals surface area contributed by atoms with E-state index in [0.29, 0.717) is 30.0 Å². The SMILES string of the molecule is COc1ccccc1C(=O)N1CC[C@H](n2c(=O)n(C)c3cccnc32)C1. The molecule has 0 radical (unpaired) electrons. The number of fused-ring (bicyclic) bond motifs is 1. The highest BCUT2D eigenvalue weighted by molar-refractivity contribution is 5.97. The Morgan fingerprint density at radius 2 is 2.04 bits per heavy atom. The Hall–Kier alpha value is -3.09. The Morgan fingerprint density at radius 3 is 2.85 bits per heavy atom. The average Bonchev–Trinajstić information content (AvgIpc) is 3.25. The summed E-state index contributed by atoms with van der Waals surface area (Å²) in [6, 6.07) is 10.8. The Bertz CT molecular complexity index is 1040. The highest BCUT2D eigenvalue weighted by Crippen LogP contribution is 2.27. The molecule has 2 aromatic heterocycles. The average molecular weight is 352 g/mol. The van der Waals surface area contributed by atoms with Gasteiger partial charge in [-0.15, -0.1) is 0 Å². The standard InChI is InChI=1S/C19H20N4O3/c1-21-15-7-5-10-20-17(15)23(19(21)25)13-9-11-22(12-13)18(24)14-6-3-4-8-16(14)26-2/h3-8,10,13H,9,11-12H2,1-2H3/t13-/m0/s1. The van der Waals surface area contributed by atoms with E-state index in [1.165, 1.54) is 0 Å². The van der Waals surface area contributed by atoms with Crippen LogP contribution in [0.25, 0.3) is 11.2 Å². The fourth-order valence-electron chi connectivity index (χ4n) is 3.65. The van der Waals surface area contributed by atoms with Crippen molar-refractivity contribution >= 4 is 17.1 Å². The number of benzene rings is 1. The number of rotatable bonds is 3. The van der Waals surface area contributed by atoms with E-state index in [1.54, 1.807) is 46.5 Å². The monoisotopic (exact) mass is 352 g/mol. The van der Waals surface area contributed by atoms with Crippen molar-refractivity contribution in [3.8, 4) is 5.75 Å². The second kappa shape index (κ2) is 6.33. The molecule has 134 valence electrons. The summed E-state index contributed by atoms with van der Waals surface area (Å²) in [6.07, 6.45) is 2.40. The molecule has 0 aliphatic carbocycles. The zero-order chi connectivity index (χ0) is 18.3. The predicted octanol–water partition coefficient (Wildman–Crippen LogP) is 1.83. The molecule has 7 nitrogen and oxygen atoms in total. The molecule has 1 aliphatic heterocycles. The molecule has 1 atom stereocenters. The summed E-state index contributed by atoms with van der Waals surface area (Å²) in [5.74, 6) is 0.483. The maximum absolute atomic E-state index is 12.9. The van der Waals surface area contributed by atoms with Gasteiger partial charge in [-0.1, -0.05) is 12.1 Å². The number of nitrogens with zero attached hydrogens (tertiary/aromatic N) is 4. The minimum Gasteiger partial charge on any atom is -0.496 e. The summed E-state index contributed by atoms with van der Waals surface area (Å²) < 4.78 is 8.62. The van der Waals surface area contributed by atoms with Crippen LogP contribution in [-0.2, 0) is 7.05 Å². The van der Waals surface area contributed by atoms with Crippen molar-refractivity contribution in [3.63, 3.8) is 0 Å². The lowest BCUT2D eigenvalue weighted by atomic mass is 10.2. The van der Waals surface area contributed by atoms with Crippen LogP contribution >= 0.6 is 0 Å². The van der Waals surface area contributed by atoms with Crippen molar-refractivity contribution in [3.05, 3.63) is 58.6 Å². The lowest BCUT2D eigenvalue weighted by molar-refractivity contribution is 0.0784. The highest BCUT2D eigenvalue weighted by atomic mass is 16.5. The smallest absolute Gasteiger partial charge is 0.330 e. The number of pyridine rings is 1. The van der Waals surface area contributed by atoms with Crippen molar-refractivity contribution in [2.45, 2.75) is 12.5 Å². The van der Waals surface area contributed by atoms with E-state index in [1.807, 2.05) is 24.3 Å². The van der Waals surface area contributed by atoms with Gasteiger partial charge in [0.15, 0.2) is 5.65 Å². The van der Waals surface area contributed by atoms with Gasteiger partial charge in [0.2, 0.25) is 0 Å². The van der Waals surface area contributed by atoms with Crippen molar-refractivity contribution in [1.82, 2.24) is 19.0 Å². The largest absolute Gasteiger partial charge is 0.496 e. The summed E-state index contributed by atoms with van der Waals surface area (Å²) in [6.45, 7) is 1.07. The van der Waals surface area contributed by atoms with E-state index in [4.69, 9.17) is 4.74 Å². The summed E-state index contributed by atoms with van der Waals surface area (Å²) in [4.78, 5) is 31.7. The number of aromatic nitrogens is 3. The van der Waals surface area contributed by atoms with Crippen LogP contribution in [0.5, 0.6) is 5.75 Å². The molecule has 1 fully saturated rings. The van der Waals surface area contributed by atoms with Gasteiger partial charge in [0.1, 0.15) is 5.75 Å². The van der Waals surface area contributed by atoms with Gasteiger partial charge in [0.05, 0.1) is 24.2 Å². The number of imidazole rings is 1. The molecule has 1 aliphatic rings. The fraction of sp³-hybridized carbons (Fsp3) is 0.316. The van der Waals surface area contributed by atoms with Crippen LogP contribution < -0.4 is 10.4 Å². The first-order valence-electron chi connectivity index (χ1n) is 8.56. The molecule has 0 spiro atoms. The fourth-order valence-corrected chi connectivity index (χ4v) is 3.65. The van der Waals surface area contributed by atoms with E-state index in [-0.39, 0.29) is 17.6 Å². The zero-order valence-corrected chi connectivity index (χ0v) is 14.8. The number of amides is 1. The van der Waals surface area contributed by atoms with Crippen molar-refractivity contribution in [2.24, 2.45) is 7.05 Å². The Labute approximate surface area is 150 Å². The van der Waals surface area contributed by atoms with Crippen molar-refractivity contribution < 1.29 is 9.53 Å². The van der Waals surface area contributed by atoms with E-state index < -0.39 is 0 Å². The summed E-state index contributed by atoms with van der Waals surface area (Å²) in [7, 11) is 3.30. The van der Waals surface area contributed by atoms with Gasteiger partial charge in [0.25, 0.3) is 5.91 Å². The maximum Gasteiger partial charge on any atom is 0.330 e. The molecule has 1 amide bonds. The number of hydrogen-bond donors (Lipinski definition) is 0. The molecule has 3 heterocycles. The first-order chi connectivity index (χ1) is 12.6. The van der Waals surface area contributed by atoms with Crippen LogP contribution in [0.1, 0.15) is 22.8 Å². The quantitative estimate of drug-likeness (QED) is 0.721. The molecule has 0 unspecified atom stereocenters. The predicted molar refractivity (Wildman–Crippen MR) is 97.5 cm³/mol. The van der Waals surface area contributed by atoms with E-state index >= 15 is 0 Å². The molecule has 1 saturated heterocycles. The van der Waals surface area contributed by atoms with Gasteiger partial charge < -0.3 is 9.64 Å². The van der Waals surface area contributed by atoms with Gasteiger partial charge in [0, 0.05) is 26.3 Å². The summed E-state index contributed by atoms with van der Waals surface area (Å²) in [5.41, 5.74) is 1.90. The zero-order valence-electron chi connectivity index (χ0n) is 14.8. The van der Waals surface area contributed by atoms with Gasteiger partial charge in [-0.2, -0.15) is 0 Å². The number of aryl methyl sites for hydroxylation is 1. The van der Waals surface area contributed by atoms with Crippen molar-refractivity contribution in [2.75, 3.05) is 20.2 Å². The van der Waals surface area contributed by atoms with Gasteiger partial charge in [-0.3, -0.25) is 13.9 Å². The molecule has 1 aromatic carbocycles. The topological polar surface area (TPSA) is 69.4 Å². The second-order valence-corrected chi connectivity index (χ2v) is 6.45. The van der Waals surface area contributed by atoms with E-state index in [2.05, 4.69) is 4.98 Å². The molecular weight excluding hydrogens is 332 g/mol. The first kappa shape index (κ1) is 16.4. The number of para-hydroxylation sites is 1. The highest BCUT2D eigenvalue weighted by Gasteiger charge is 2.31. The van der Waals surface area contributed by atoms with Crippen LogP contribution in [0.4, 0.5) is 0 Å². The summed E-state index contributed by atoms with van der Waals surface area (Å²) >= 11 is 0. The molecule has 4 rings (SSSR count). The number of carbonyl (C=O) groups is 1. The molecule has 0 N–H and O–H groups in total. The van der Waals surface area contributed by atoms with Crippen LogP contribution in [0.3, 0.4) is 0 Å². The third kappa shape index (κ3) is 2.47. The molecular formula is C19H20N4O3.